The van der Waals surface area contributed by atoms with Crippen LogP contribution in [0.3, 0.4) is 0 Å². The first-order chi connectivity index (χ1) is 8.27. The van der Waals surface area contributed by atoms with Crippen molar-refractivity contribution in [2.24, 2.45) is 5.73 Å². The summed E-state index contributed by atoms with van der Waals surface area (Å²) >= 11 is 0. The van der Waals surface area contributed by atoms with Gasteiger partial charge in [0, 0.05) is 18.7 Å². The van der Waals surface area contributed by atoms with Crippen LogP contribution in [0.4, 0.5) is 0 Å². The van der Waals surface area contributed by atoms with Crippen molar-refractivity contribution in [1.29, 1.82) is 0 Å². The minimum Gasteiger partial charge on any atom is -0.483 e. The highest BCUT2D eigenvalue weighted by Crippen LogP contribution is 2.16. The summed E-state index contributed by atoms with van der Waals surface area (Å²) in [4.78, 5) is 11.4. The number of rotatable bonds is 7. The average Bonchev–Trinajstić information content (AvgIpc) is 2.37. The molecule has 1 aromatic carbocycles. The Hall–Kier alpha value is -1.55. The van der Waals surface area contributed by atoms with Crippen molar-refractivity contribution >= 4 is 5.91 Å². The van der Waals surface area contributed by atoms with E-state index in [1.165, 1.54) is 0 Å². The van der Waals surface area contributed by atoms with E-state index in [1.807, 2.05) is 24.3 Å². The summed E-state index contributed by atoms with van der Waals surface area (Å²) in [5.74, 6) is 0.589. The first-order valence-electron chi connectivity index (χ1n) is 5.95. The zero-order valence-electron chi connectivity index (χ0n) is 10.2. The average molecular weight is 236 g/mol. The number of nitrogens with one attached hydrogen (secondary N) is 1. The molecular formula is C13H20N2O2. The summed E-state index contributed by atoms with van der Waals surface area (Å²) in [6.45, 7) is 3.24. The molecule has 1 amide bonds. The number of carbonyl (C=O) groups is 1. The van der Waals surface area contributed by atoms with Crippen LogP contribution in [0.15, 0.2) is 24.3 Å². The fraction of sp³-hybridized carbons (Fsp3) is 0.462. The number of para-hydroxylation sites is 1. The number of carbonyl (C=O) groups excluding carboxylic acids is 1. The van der Waals surface area contributed by atoms with Crippen LogP contribution in [0.1, 0.15) is 25.3 Å². The maximum atomic E-state index is 11.4. The third kappa shape index (κ3) is 4.87. The lowest BCUT2D eigenvalue weighted by Crippen LogP contribution is -2.29. The molecule has 0 saturated carbocycles. The molecule has 0 aliphatic rings. The summed E-state index contributed by atoms with van der Waals surface area (Å²) in [5, 5.41) is 2.80. The Morgan fingerprint density at radius 1 is 1.41 bits per heavy atom. The zero-order chi connectivity index (χ0) is 12.5. The van der Waals surface area contributed by atoms with Gasteiger partial charge in [-0.05, 0) is 12.5 Å². The molecule has 0 spiro atoms. The molecule has 0 radical (unpaired) electrons. The Morgan fingerprint density at radius 2 is 2.18 bits per heavy atom. The summed E-state index contributed by atoms with van der Waals surface area (Å²) in [6, 6.07) is 7.48. The highest BCUT2D eigenvalue weighted by atomic mass is 16.5. The SMILES string of the molecule is CCCCNC(=O)COc1ccccc1CN. The van der Waals surface area contributed by atoms with Crippen molar-refractivity contribution in [2.45, 2.75) is 26.3 Å². The van der Waals surface area contributed by atoms with Crippen LogP contribution in [-0.2, 0) is 11.3 Å². The standard InChI is InChI=1S/C13H20N2O2/c1-2-3-8-15-13(16)10-17-12-7-5-4-6-11(12)9-14/h4-7H,2-3,8-10,14H2,1H3,(H,15,16). The molecule has 0 atom stereocenters. The van der Waals surface area contributed by atoms with E-state index < -0.39 is 0 Å². The van der Waals surface area contributed by atoms with E-state index in [9.17, 15) is 4.79 Å². The topological polar surface area (TPSA) is 64.3 Å². The number of amides is 1. The molecule has 1 rings (SSSR count). The maximum absolute atomic E-state index is 11.4. The summed E-state index contributed by atoms with van der Waals surface area (Å²) in [5.41, 5.74) is 6.49. The Balaban J connectivity index is 2.36. The van der Waals surface area contributed by atoms with Gasteiger partial charge in [-0.25, -0.2) is 0 Å². The molecule has 4 nitrogen and oxygen atoms in total. The second-order valence-corrected chi connectivity index (χ2v) is 3.80. The molecule has 0 aliphatic heterocycles. The molecule has 0 fully saturated rings. The van der Waals surface area contributed by atoms with E-state index in [0.717, 1.165) is 18.4 Å². The molecule has 0 aliphatic carbocycles. The Kier molecular flexibility index (Phi) is 6.10. The molecule has 0 saturated heterocycles. The lowest BCUT2D eigenvalue weighted by atomic mass is 10.2. The van der Waals surface area contributed by atoms with Crippen LogP contribution in [-0.4, -0.2) is 19.1 Å². The fourth-order valence-corrected chi connectivity index (χ4v) is 1.41. The van der Waals surface area contributed by atoms with E-state index in [0.29, 0.717) is 18.8 Å². The highest BCUT2D eigenvalue weighted by Gasteiger charge is 2.04. The van der Waals surface area contributed by atoms with Crippen LogP contribution in [0, 0.1) is 0 Å². The van der Waals surface area contributed by atoms with E-state index in [2.05, 4.69) is 12.2 Å². The summed E-state index contributed by atoms with van der Waals surface area (Å²) in [7, 11) is 0. The van der Waals surface area contributed by atoms with E-state index in [-0.39, 0.29) is 12.5 Å². The number of benzene rings is 1. The Morgan fingerprint density at radius 3 is 2.88 bits per heavy atom. The minimum atomic E-state index is -0.0923. The van der Waals surface area contributed by atoms with Crippen LogP contribution >= 0.6 is 0 Å². The predicted octanol–water partition coefficient (Wildman–Crippen LogP) is 1.44. The number of unbranched alkanes of at least 4 members (excludes halogenated alkanes) is 1. The molecule has 1 aromatic rings. The molecule has 0 aromatic heterocycles. The van der Waals surface area contributed by atoms with Gasteiger partial charge in [-0.2, -0.15) is 0 Å². The first kappa shape index (κ1) is 13.5. The van der Waals surface area contributed by atoms with Gasteiger partial charge in [-0.15, -0.1) is 0 Å². The molecule has 0 unspecified atom stereocenters. The molecule has 17 heavy (non-hydrogen) atoms. The van der Waals surface area contributed by atoms with Crippen LogP contribution in [0.5, 0.6) is 5.75 Å². The van der Waals surface area contributed by atoms with Gasteiger partial charge < -0.3 is 15.8 Å². The van der Waals surface area contributed by atoms with Crippen LogP contribution in [0.2, 0.25) is 0 Å². The van der Waals surface area contributed by atoms with Gasteiger partial charge in [0.1, 0.15) is 5.75 Å². The minimum absolute atomic E-state index is 0.0424. The Labute approximate surface area is 102 Å². The van der Waals surface area contributed by atoms with Gasteiger partial charge in [0.25, 0.3) is 5.91 Å². The van der Waals surface area contributed by atoms with Crippen molar-refractivity contribution in [1.82, 2.24) is 5.32 Å². The smallest absolute Gasteiger partial charge is 0.257 e. The quantitative estimate of drug-likeness (QED) is 0.704. The van der Waals surface area contributed by atoms with Crippen LogP contribution < -0.4 is 15.8 Å². The zero-order valence-corrected chi connectivity index (χ0v) is 10.2. The van der Waals surface area contributed by atoms with Gasteiger partial charge >= 0.3 is 0 Å². The maximum Gasteiger partial charge on any atom is 0.257 e. The van der Waals surface area contributed by atoms with Crippen molar-refractivity contribution in [3.8, 4) is 5.75 Å². The second-order valence-electron chi connectivity index (χ2n) is 3.80. The van der Waals surface area contributed by atoms with E-state index in [4.69, 9.17) is 10.5 Å². The third-order valence-corrected chi connectivity index (χ3v) is 2.40. The largest absolute Gasteiger partial charge is 0.483 e. The van der Waals surface area contributed by atoms with E-state index in [1.54, 1.807) is 0 Å². The predicted molar refractivity (Wildman–Crippen MR) is 67.7 cm³/mol. The monoisotopic (exact) mass is 236 g/mol. The molecule has 4 heteroatoms. The highest BCUT2D eigenvalue weighted by molar-refractivity contribution is 5.77. The van der Waals surface area contributed by atoms with Gasteiger partial charge in [0.15, 0.2) is 6.61 Å². The van der Waals surface area contributed by atoms with Crippen molar-refractivity contribution in [3.05, 3.63) is 29.8 Å². The van der Waals surface area contributed by atoms with Crippen molar-refractivity contribution in [3.63, 3.8) is 0 Å². The normalized spacial score (nSPS) is 10.0. The lowest BCUT2D eigenvalue weighted by molar-refractivity contribution is -0.123. The molecule has 94 valence electrons. The fourth-order valence-electron chi connectivity index (χ4n) is 1.41. The molecule has 3 N–H and O–H groups in total. The molecular weight excluding hydrogens is 216 g/mol. The van der Waals surface area contributed by atoms with Crippen LogP contribution in [0.25, 0.3) is 0 Å². The van der Waals surface area contributed by atoms with Crippen molar-refractivity contribution < 1.29 is 9.53 Å². The first-order valence-corrected chi connectivity index (χ1v) is 5.95. The number of hydrogen-bond acceptors (Lipinski definition) is 3. The Bertz CT molecular complexity index is 353. The van der Waals surface area contributed by atoms with Gasteiger partial charge in [-0.1, -0.05) is 31.5 Å². The summed E-state index contributed by atoms with van der Waals surface area (Å²) in [6.07, 6.45) is 2.06. The number of nitrogens with two attached hydrogens (primary N) is 1. The molecule has 0 bridgehead atoms. The second kappa shape index (κ2) is 7.68. The number of ether oxygens (including phenoxy) is 1. The molecule has 0 heterocycles. The van der Waals surface area contributed by atoms with Gasteiger partial charge in [0.2, 0.25) is 0 Å². The third-order valence-electron chi connectivity index (χ3n) is 2.40. The number of hydrogen-bond donors (Lipinski definition) is 2. The lowest BCUT2D eigenvalue weighted by Gasteiger charge is -2.10. The summed E-state index contributed by atoms with van der Waals surface area (Å²) < 4.78 is 5.43. The van der Waals surface area contributed by atoms with Crippen molar-refractivity contribution in [2.75, 3.05) is 13.2 Å². The van der Waals surface area contributed by atoms with Gasteiger partial charge in [-0.3, -0.25) is 4.79 Å². The van der Waals surface area contributed by atoms with E-state index >= 15 is 0 Å². The van der Waals surface area contributed by atoms with Gasteiger partial charge in [0.05, 0.1) is 0 Å².